The molecule has 0 aliphatic carbocycles. The molecule has 6 nitrogen and oxygen atoms in total. The summed E-state index contributed by atoms with van der Waals surface area (Å²) in [6.07, 6.45) is -2.22. The Kier molecular flexibility index (Phi) is 5.73. The number of benzene rings is 1. The monoisotopic (exact) mass is 385 g/mol. The second kappa shape index (κ2) is 8.03. The van der Waals surface area contributed by atoms with Crippen LogP contribution in [0.5, 0.6) is 0 Å². The van der Waals surface area contributed by atoms with E-state index >= 15 is 0 Å². The number of carbonyl (C=O) groups excluding carboxylic acids is 1. The lowest BCUT2D eigenvalue weighted by Gasteiger charge is -2.22. The van der Waals surface area contributed by atoms with E-state index in [0.717, 1.165) is 38.1 Å². The molecule has 1 saturated heterocycles. The van der Waals surface area contributed by atoms with Crippen LogP contribution in [0.2, 0.25) is 0 Å². The van der Waals surface area contributed by atoms with Gasteiger partial charge in [-0.1, -0.05) is 17.3 Å². The summed E-state index contributed by atoms with van der Waals surface area (Å²) in [4.78, 5) is 12.2. The number of piperidine rings is 1. The molecule has 0 saturated carbocycles. The normalized spacial score (nSPS) is 17.7. The van der Waals surface area contributed by atoms with Crippen molar-refractivity contribution in [2.75, 3.05) is 19.6 Å². The summed E-state index contributed by atoms with van der Waals surface area (Å²) >= 11 is 0. The molecule has 1 unspecified atom stereocenters. The van der Waals surface area contributed by atoms with E-state index in [1.165, 1.54) is 12.1 Å². The number of hydrogen-bond donors (Lipinski definition) is 2. The van der Waals surface area contributed by atoms with Crippen LogP contribution in [0.4, 0.5) is 17.6 Å². The van der Waals surface area contributed by atoms with Crippen molar-refractivity contribution in [1.29, 1.82) is 0 Å². The van der Waals surface area contributed by atoms with Gasteiger partial charge < -0.3 is 10.6 Å². The van der Waals surface area contributed by atoms with Crippen LogP contribution >= 0.6 is 0 Å². The molecule has 1 fully saturated rings. The fourth-order valence-electron chi connectivity index (χ4n) is 3.13. The van der Waals surface area contributed by atoms with E-state index in [2.05, 4.69) is 20.9 Å². The molecule has 146 valence electrons. The van der Waals surface area contributed by atoms with Gasteiger partial charge in [-0.05, 0) is 50.4 Å². The lowest BCUT2D eigenvalue weighted by Crippen LogP contribution is -2.33. The zero-order chi connectivity index (χ0) is 19.4. The van der Waals surface area contributed by atoms with Crippen molar-refractivity contribution in [1.82, 2.24) is 25.6 Å². The fourth-order valence-corrected chi connectivity index (χ4v) is 3.13. The predicted molar refractivity (Wildman–Crippen MR) is 88.9 cm³/mol. The smallest absolute Gasteiger partial charge is 0.351 e. The second-order valence-electron chi connectivity index (χ2n) is 6.40. The van der Waals surface area contributed by atoms with E-state index in [4.69, 9.17) is 0 Å². The van der Waals surface area contributed by atoms with Crippen LogP contribution in [0.25, 0.3) is 5.69 Å². The van der Waals surface area contributed by atoms with Crippen LogP contribution in [-0.4, -0.2) is 40.5 Å². The maximum absolute atomic E-state index is 13.9. The highest BCUT2D eigenvalue weighted by atomic mass is 19.4. The van der Waals surface area contributed by atoms with Gasteiger partial charge in [0.1, 0.15) is 11.5 Å². The number of hydrogen-bond acceptors (Lipinski definition) is 4. The summed E-state index contributed by atoms with van der Waals surface area (Å²) in [7, 11) is 0. The minimum absolute atomic E-state index is 0.231. The maximum atomic E-state index is 13.9. The average molecular weight is 385 g/mol. The molecular formula is C17H19F4N5O. The van der Waals surface area contributed by atoms with Crippen LogP contribution < -0.4 is 10.6 Å². The number of amides is 1. The van der Waals surface area contributed by atoms with Gasteiger partial charge in [0.2, 0.25) is 0 Å². The lowest BCUT2D eigenvalue weighted by molar-refractivity contribution is -0.143. The molecule has 1 aliphatic rings. The van der Waals surface area contributed by atoms with E-state index in [1.54, 1.807) is 0 Å². The molecule has 1 aliphatic heterocycles. The third-order valence-electron chi connectivity index (χ3n) is 4.47. The minimum atomic E-state index is -4.92. The average Bonchev–Trinajstić information content (AvgIpc) is 3.08. The van der Waals surface area contributed by atoms with E-state index in [9.17, 15) is 22.4 Å². The molecule has 27 heavy (non-hydrogen) atoms. The Morgan fingerprint density at radius 2 is 2.11 bits per heavy atom. The quantitative estimate of drug-likeness (QED) is 0.776. The SMILES string of the molecule is O=C(NCCC1CCCNC1)c1nnn(-c2ccccc2F)c1C(F)(F)F. The number of carbonyl (C=O) groups is 1. The van der Waals surface area contributed by atoms with Crippen molar-refractivity contribution < 1.29 is 22.4 Å². The molecule has 0 radical (unpaired) electrons. The van der Waals surface area contributed by atoms with Crippen LogP contribution in [-0.2, 0) is 6.18 Å². The molecule has 2 heterocycles. The van der Waals surface area contributed by atoms with Crippen molar-refractivity contribution in [3.05, 3.63) is 41.5 Å². The third kappa shape index (κ3) is 4.44. The van der Waals surface area contributed by atoms with E-state index in [-0.39, 0.29) is 6.54 Å². The number of nitrogens with one attached hydrogen (secondary N) is 2. The van der Waals surface area contributed by atoms with Gasteiger partial charge in [0.25, 0.3) is 5.91 Å². The lowest BCUT2D eigenvalue weighted by atomic mass is 9.96. The summed E-state index contributed by atoms with van der Waals surface area (Å²) < 4.78 is 54.8. The molecule has 3 rings (SSSR count). The van der Waals surface area contributed by atoms with Gasteiger partial charge in [-0.15, -0.1) is 5.10 Å². The highest BCUT2D eigenvalue weighted by Crippen LogP contribution is 2.33. The van der Waals surface area contributed by atoms with Crippen LogP contribution in [0, 0.1) is 11.7 Å². The molecule has 0 spiro atoms. The number of nitrogens with zero attached hydrogens (tertiary/aromatic N) is 3. The number of rotatable bonds is 5. The Morgan fingerprint density at radius 3 is 2.78 bits per heavy atom. The van der Waals surface area contributed by atoms with Crippen molar-refractivity contribution >= 4 is 5.91 Å². The first kappa shape index (κ1) is 19.3. The zero-order valence-corrected chi connectivity index (χ0v) is 14.4. The first-order chi connectivity index (χ1) is 12.9. The largest absolute Gasteiger partial charge is 0.435 e. The summed E-state index contributed by atoms with van der Waals surface area (Å²) in [5, 5.41) is 12.4. The summed E-state index contributed by atoms with van der Waals surface area (Å²) in [5.74, 6) is -1.51. The standard InChI is InChI=1S/C17H19F4N5O/c18-12-5-1-2-6-13(12)26-15(17(19,20)21)14(24-25-26)16(27)23-9-7-11-4-3-8-22-10-11/h1-2,5-6,11,22H,3-4,7-10H2,(H,23,27). The van der Waals surface area contributed by atoms with Gasteiger partial charge in [-0.2, -0.15) is 13.2 Å². The van der Waals surface area contributed by atoms with Gasteiger partial charge in [0.15, 0.2) is 11.4 Å². The Labute approximate surface area is 152 Å². The summed E-state index contributed by atoms with van der Waals surface area (Å²) in [6.45, 7) is 2.01. The topological polar surface area (TPSA) is 71.8 Å². The maximum Gasteiger partial charge on any atom is 0.435 e. The van der Waals surface area contributed by atoms with Crippen molar-refractivity contribution in [2.45, 2.75) is 25.4 Å². The van der Waals surface area contributed by atoms with Crippen molar-refractivity contribution in [3.63, 3.8) is 0 Å². The third-order valence-corrected chi connectivity index (χ3v) is 4.47. The number of para-hydroxylation sites is 1. The first-order valence-corrected chi connectivity index (χ1v) is 8.64. The van der Waals surface area contributed by atoms with Crippen LogP contribution in [0.1, 0.15) is 35.4 Å². The fraction of sp³-hybridized carbons (Fsp3) is 0.471. The molecule has 0 bridgehead atoms. The van der Waals surface area contributed by atoms with Crippen molar-refractivity contribution in [2.24, 2.45) is 5.92 Å². The highest BCUT2D eigenvalue weighted by molar-refractivity contribution is 5.93. The number of alkyl halides is 3. The molecule has 1 atom stereocenters. The van der Waals surface area contributed by atoms with Gasteiger partial charge in [0, 0.05) is 6.54 Å². The Hall–Kier alpha value is -2.49. The Balaban J connectivity index is 1.78. The Morgan fingerprint density at radius 1 is 1.33 bits per heavy atom. The predicted octanol–water partition coefficient (Wildman–Crippen LogP) is 2.54. The highest BCUT2D eigenvalue weighted by Gasteiger charge is 2.42. The Bertz CT molecular complexity index is 799. The van der Waals surface area contributed by atoms with E-state index in [1.807, 2.05) is 0 Å². The molecular weight excluding hydrogens is 366 g/mol. The molecule has 1 aromatic carbocycles. The van der Waals surface area contributed by atoms with Crippen molar-refractivity contribution in [3.8, 4) is 5.69 Å². The van der Waals surface area contributed by atoms with E-state index in [0.29, 0.717) is 17.0 Å². The first-order valence-electron chi connectivity index (χ1n) is 8.64. The molecule has 10 heteroatoms. The summed E-state index contributed by atoms with van der Waals surface area (Å²) in [5.41, 5.74) is -2.69. The van der Waals surface area contributed by atoms with Gasteiger partial charge >= 0.3 is 6.18 Å². The number of aromatic nitrogens is 3. The van der Waals surface area contributed by atoms with Crippen LogP contribution in [0.3, 0.4) is 0 Å². The molecule has 1 amide bonds. The van der Waals surface area contributed by atoms with E-state index < -0.39 is 35.0 Å². The van der Waals surface area contributed by atoms with Gasteiger partial charge in [-0.3, -0.25) is 4.79 Å². The minimum Gasteiger partial charge on any atom is -0.351 e. The zero-order valence-electron chi connectivity index (χ0n) is 14.4. The van der Waals surface area contributed by atoms with Gasteiger partial charge in [-0.25, -0.2) is 9.07 Å². The van der Waals surface area contributed by atoms with Crippen LogP contribution in [0.15, 0.2) is 24.3 Å². The molecule has 1 aromatic heterocycles. The molecule has 2 N–H and O–H groups in total. The second-order valence-corrected chi connectivity index (χ2v) is 6.40. The summed E-state index contributed by atoms with van der Waals surface area (Å²) in [6, 6.07) is 4.86. The number of halogens is 4. The van der Waals surface area contributed by atoms with Gasteiger partial charge in [0.05, 0.1) is 0 Å². The molecule has 2 aromatic rings.